The first kappa shape index (κ1) is 34.5. The van der Waals surface area contributed by atoms with Crippen molar-refractivity contribution in [2.24, 2.45) is 44.3 Å². The SMILES string of the molecule is CC(=O)/C=C1/[C@@]2(C)C=C(C#N)C(=O)C(C)(C)[C@@H]2CC[C@@]1(C)C(C)(C)CC[C@@]1(COC(=O)N2CCCC2)CCC(C)(C)C[C@@H]1C. The van der Waals surface area contributed by atoms with E-state index in [0.717, 1.165) is 76.5 Å². The molecule has 3 fully saturated rings. The highest BCUT2D eigenvalue weighted by Gasteiger charge is 2.61. The van der Waals surface area contributed by atoms with E-state index in [1.807, 2.05) is 30.9 Å². The fraction of sp³-hybridized carbons (Fsp3) is 0.789. The number of fused-ring (bicyclic) bond motifs is 1. The van der Waals surface area contributed by atoms with Gasteiger partial charge in [-0.25, -0.2) is 4.79 Å². The van der Waals surface area contributed by atoms with Gasteiger partial charge in [0.15, 0.2) is 11.6 Å². The van der Waals surface area contributed by atoms with Crippen LogP contribution in [0.25, 0.3) is 0 Å². The summed E-state index contributed by atoms with van der Waals surface area (Å²) in [5.74, 6) is 0.324. The van der Waals surface area contributed by atoms with Crippen LogP contribution in [0, 0.1) is 55.7 Å². The molecule has 0 aromatic carbocycles. The maximum atomic E-state index is 13.3. The molecule has 1 aliphatic heterocycles. The van der Waals surface area contributed by atoms with Crippen molar-refractivity contribution in [2.75, 3.05) is 19.7 Å². The minimum absolute atomic E-state index is 0.000978. The summed E-state index contributed by atoms with van der Waals surface area (Å²) in [6.45, 7) is 23.8. The Morgan fingerprint density at radius 1 is 1.09 bits per heavy atom. The lowest BCUT2D eigenvalue weighted by Crippen LogP contribution is -2.56. The van der Waals surface area contributed by atoms with Gasteiger partial charge in [0.05, 0.1) is 12.2 Å². The van der Waals surface area contributed by atoms with Crippen LogP contribution in [0.5, 0.6) is 0 Å². The van der Waals surface area contributed by atoms with Gasteiger partial charge in [-0.05, 0) is 98.9 Å². The number of carbonyl (C=O) groups excluding carboxylic acids is 3. The predicted octanol–water partition coefficient (Wildman–Crippen LogP) is 8.85. The molecule has 2 saturated carbocycles. The van der Waals surface area contributed by atoms with Crippen LogP contribution in [-0.4, -0.2) is 42.3 Å². The normalized spacial score (nSPS) is 35.9. The molecule has 3 aliphatic carbocycles. The third kappa shape index (κ3) is 5.94. The Bertz CT molecular complexity index is 1280. The highest BCUT2D eigenvalue weighted by atomic mass is 16.6. The van der Waals surface area contributed by atoms with Gasteiger partial charge in [0.1, 0.15) is 6.07 Å². The molecule has 6 heteroatoms. The quantitative estimate of drug-likeness (QED) is 0.270. The number of rotatable bonds is 7. The van der Waals surface area contributed by atoms with Crippen molar-refractivity contribution in [3.63, 3.8) is 0 Å². The number of hydrogen-bond acceptors (Lipinski definition) is 5. The molecule has 0 bridgehead atoms. The average Bonchev–Trinajstić information content (AvgIpc) is 3.47. The van der Waals surface area contributed by atoms with Gasteiger partial charge < -0.3 is 9.64 Å². The highest BCUT2D eigenvalue weighted by molar-refractivity contribution is 6.04. The van der Waals surface area contributed by atoms with Crippen molar-refractivity contribution < 1.29 is 19.1 Å². The first-order chi connectivity index (χ1) is 20.2. The second kappa shape index (κ2) is 11.7. The zero-order chi connectivity index (χ0) is 32.9. The molecule has 0 aromatic rings. The molecule has 4 aliphatic rings. The second-order valence-electron chi connectivity index (χ2n) is 17.4. The van der Waals surface area contributed by atoms with E-state index in [0.29, 0.717) is 12.5 Å². The molecule has 44 heavy (non-hydrogen) atoms. The Hall–Kier alpha value is -2.42. The van der Waals surface area contributed by atoms with Crippen LogP contribution in [-0.2, 0) is 14.3 Å². The molecule has 1 saturated heterocycles. The van der Waals surface area contributed by atoms with Crippen LogP contribution in [0.15, 0.2) is 23.3 Å². The maximum absolute atomic E-state index is 13.3. The fourth-order valence-electron chi connectivity index (χ4n) is 9.79. The molecule has 4 rings (SSSR count). The minimum atomic E-state index is -0.691. The van der Waals surface area contributed by atoms with Gasteiger partial charge in [-0.15, -0.1) is 0 Å². The van der Waals surface area contributed by atoms with Crippen molar-refractivity contribution in [2.45, 2.75) is 127 Å². The molecule has 6 nitrogen and oxygen atoms in total. The lowest BCUT2D eigenvalue weighted by molar-refractivity contribution is -0.131. The van der Waals surface area contributed by atoms with Crippen molar-refractivity contribution in [3.8, 4) is 6.07 Å². The first-order valence-electron chi connectivity index (χ1n) is 17.1. The topological polar surface area (TPSA) is 87.5 Å². The molecule has 0 spiro atoms. The third-order valence-corrected chi connectivity index (χ3v) is 13.2. The first-order valence-corrected chi connectivity index (χ1v) is 17.1. The van der Waals surface area contributed by atoms with Gasteiger partial charge in [-0.1, -0.05) is 74.0 Å². The van der Waals surface area contributed by atoms with E-state index in [9.17, 15) is 19.6 Å². The smallest absolute Gasteiger partial charge is 0.409 e. The van der Waals surface area contributed by atoms with Gasteiger partial charge in [-0.3, -0.25) is 9.59 Å². The van der Waals surface area contributed by atoms with E-state index in [-0.39, 0.29) is 50.8 Å². The minimum Gasteiger partial charge on any atom is -0.449 e. The number of ketones is 2. The molecule has 1 amide bonds. The van der Waals surface area contributed by atoms with E-state index >= 15 is 0 Å². The summed E-state index contributed by atoms with van der Waals surface area (Å²) >= 11 is 0. The van der Waals surface area contributed by atoms with E-state index in [1.54, 1.807) is 6.92 Å². The summed E-state index contributed by atoms with van der Waals surface area (Å²) in [4.78, 5) is 41.1. The summed E-state index contributed by atoms with van der Waals surface area (Å²) in [5.41, 5.74) is -0.370. The number of hydrogen-bond donors (Lipinski definition) is 0. The Morgan fingerprint density at radius 3 is 2.30 bits per heavy atom. The van der Waals surface area contributed by atoms with E-state index in [4.69, 9.17) is 4.74 Å². The van der Waals surface area contributed by atoms with Crippen LogP contribution in [0.3, 0.4) is 0 Å². The Labute approximate surface area is 267 Å². The largest absolute Gasteiger partial charge is 0.449 e. The van der Waals surface area contributed by atoms with E-state index in [1.165, 1.54) is 0 Å². The number of ether oxygens (including phenoxy) is 1. The molecule has 1 heterocycles. The van der Waals surface area contributed by atoms with Crippen molar-refractivity contribution >= 4 is 17.7 Å². The molecule has 0 unspecified atom stereocenters. The summed E-state index contributed by atoms with van der Waals surface area (Å²) in [5, 5.41) is 9.97. The van der Waals surface area contributed by atoms with Crippen molar-refractivity contribution in [3.05, 3.63) is 23.3 Å². The van der Waals surface area contributed by atoms with Gasteiger partial charge >= 0.3 is 6.09 Å². The number of Topliss-reactive ketones (excluding diaryl/α,β-unsaturated/α-hetero) is 1. The zero-order valence-corrected chi connectivity index (χ0v) is 29.3. The average molecular weight is 607 g/mol. The maximum Gasteiger partial charge on any atom is 0.409 e. The number of likely N-dealkylation sites (tertiary alicyclic amines) is 1. The number of nitrogens with zero attached hydrogens (tertiary/aromatic N) is 2. The summed E-state index contributed by atoms with van der Waals surface area (Å²) in [7, 11) is 0. The Kier molecular flexibility index (Phi) is 9.19. The zero-order valence-electron chi connectivity index (χ0n) is 29.3. The standard InChI is InChI=1S/C38H58N2O4/c1-26-22-33(3,4)15-17-38(26,25-44-32(43)40-19-11-12-20-40)18-16-34(5,6)37(10)14-13-29-35(7,8)31(42)28(24-39)23-36(29,9)30(37)21-27(2)41/h21,23,26,29H,11-20,22,25H2,1-10H3/b30-21-/t26-,29-,36-,37+,38+/m0/s1. The fourth-order valence-corrected chi connectivity index (χ4v) is 9.79. The van der Waals surface area contributed by atoms with Gasteiger partial charge in [0, 0.05) is 29.3 Å². The van der Waals surface area contributed by atoms with Crippen LogP contribution in [0.2, 0.25) is 0 Å². The summed E-state index contributed by atoms with van der Waals surface area (Å²) < 4.78 is 6.12. The monoisotopic (exact) mass is 606 g/mol. The van der Waals surface area contributed by atoms with Gasteiger partial charge in [-0.2, -0.15) is 5.26 Å². The van der Waals surface area contributed by atoms with Crippen LogP contribution in [0.1, 0.15) is 127 Å². The van der Waals surface area contributed by atoms with Crippen molar-refractivity contribution in [1.29, 1.82) is 5.26 Å². The lowest BCUT2D eigenvalue weighted by Gasteiger charge is -2.61. The van der Waals surface area contributed by atoms with Crippen LogP contribution >= 0.6 is 0 Å². The van der Waals surface area contributed by atoms with Crippen molar-refractivity contribution in [1.82, 2.24) is 4.90 Å². The summed E-state index contributed by atoms with van der Waals surface area (Å²) in [6, 6.07) is 2.19. The van der Waals surface area contributed by atoms with Gasteiger partial charge in [0.2, 0.25) is 0 Å². The van der Waals surface area contributed by atoms with Gasteiger partial charge in [0.25, 0.3) is 0 Å². The molecule has 0 radical (unpaired) electrons. The van der Waals surface area contributed by atoms with E-state index < -0.39 is 10.8 Å². The molecule has 0 N–H and O–H groups in total. The molecule has 0 aromatic heterocycles. The van der Waals surface area contributed by atoms with Crippen LogP contribution in [0.4, 0.5) is 4.79 Å². The number of amides is 1. The second-order valence-corrected chi connectivity index (χ2v) is 17.4. The third-order valence-electron chi connectivity index (χ3n) is 13.2. The summed E-state index contributed by atoms with van der Waals surface area (Å²) in [6.07, 6.45) is 12.5. The molecule has 5 atom stereocenters. The van der Waals surface area contributed by atoms with Crippen LogP contribution < -0.4 is 0 Å². The number of carbonyl (C=O) groups is 3. The van der Waals surface area contributed by atoms with E-state index in [2.05, 4.69) is 54.5 Å². The Morgan fingerprint density at radius 2 is 1.73 bits per heavy atom. The molecule has 244 valence electrons. The molecular weight excluding hydrogens is 548 g/mol. The molecular formula is C38H58N2O4. The Balaban J connectivity index is 1.68. The lowest BCUT2D eigenvalue weighted by atomic mass is 9.42. The highest BCUT2D eigenvalue weighted by Crippen LogP contribution is 2.67. The number of allylic oxidation sites excluding steroid dienone is 4. The number of nitriles is 1. The predicted molar refractivity (Wildman–Crippen MR) is 175 cm³/mol.